The molecule has 2 aromatic carbocycles. The van der Waals surface area contributed by atoms with Crippen LogP contribution >= 0.6 is 0 Å². The Morgan fingerprint density at radius 2 is 1.83 bits per heavy atom. The average Bonchev–Trinajstić information content (AvgIpc) is 3.41. The van der Waals surface area contributed by atoms with Crippen LogP contribution in [0.2, 0.25) is 0 Å². The van der Waals surface area contributed by atoms with Gasteiger partial charge in [-0.15, -0.1) is 5.10 Å². The van der Waals surface area contributed by atoms with E-state index in [0.29, 0.717) is 58.6 Å². The van der Waals surface area contributed by atoms with Gasteiger partial charge in [0, 0.05) is 18.4 Å². The molecule has 4 aromatic rings. The molecule has 1 unspecified atom stereocenters. The van der Waals surface area contributed by atoms with E-state index in [1.807, 2.05) is 42.5 Å². The van der Waals surface area contributed by atoms with Crippen molar-refractivity contribution in [3.63, 3.8) is 0 Å². The minimum atomic E-state index is -0.491. The fraction of sp³-hybridized carbons (Fsp3) is 0.323. The number of ether oxygens (including phenoxy) is 4. The summed E-state index contributed by atoms with van der Waals surface area (Å²) in [6, 6.07) is 13.1. The molecule has 0 radical (unpaired) electrons. The first-order valence-corrected chi connectivity index (χ1v) is 13.5. The van der Waals surface area contributed by atoms with Crippen molar-refractivity contribution < 1.29 is 28.6 Å². The fourth-order valence-electron chi connectivity index (χ4n) is 5.50. The lowest BCUT2D eigenvalue weighted by atomic mass is 9.70. The molecule has 0 bridgehead atoms. The zero-order valence-corrected chi connectivity index (χ0v) is 24.1. The Morgan fingerprint density at radius 3 is 2.57 bits per heavy atom. The Kier molecular flexibility index (Phi) is 7.01. The van der Waals surface area contributed by atoms with Crippen LogP contribution in [0.3, 0.4) is 0 Å². The largest absolute Gasteiger partial charge is 0.497 e. The van der Waals surface area contributed by atoms with Gasteiger partial charge >= 0.3 is 0 Å². The van der Waals surface area contributed by atoms with Crippen LogP contribution in [-0.2, 0) is 16.2 Å². The van der Waals surface area contributed by atoms with E-state index in [1.54, 1.807) is 38.4 Å². The summed E-state index contributed by atoms with van der Waals surface area (Å²) in [6.45, 7) is 4.17. The van der Waals surface area contributed by atoms with Gasteiger partial charge in [-0.3, -0.25) is 4.79 Å². The molecule has 11 heteroatoms. The number of hydrogen-bond acceptors (Lipinski definition) is 10. The predicted molar refractivity (Wildman–Crippen MR) is 153 cm³/mol. The molecule has 1 aliphatic heterocycles. The number of benzene rings is 2. The number of oxime groups is 1. The van der Waals surface area contributed by atoms with Crippen molar-refractivity contribution in [2.75, 3.05) is 21.3 Å². The summed E-state index contributed by atoms with van der Waals surface area (Å²) in [4.78, 5) is 28.5. The van der Waals surface area contributed by atoms with Crippen LogP contribution in [0, 0.1) is 5.41 Å². The van der Waals surface area contributed by atoms with E-state index in [2.05, 4.69) is 29.1 Å². The van der Waals surface area contributed by atoms with Crippen LogP contribution in [0.5, 0.6) is 23.1 Å². The van der Waals surface area contributed by atoms with Crippen molar-refractivity contribution in [3.8, 4) is 23.1 Å². The van der Waals surface area contributed by atoms with E-state index < -0.39 is 5.92 Å². The summed E-state index contributed by atoms with van der Waals surface area (Å²) in [5, 5.41) is 8.60. The minimum Gasteiger partial charge on any atom is -0.497 e. The van der Waals surface area contributed by atoms with Crippen LogP contribution in [0.1, 0.15) is 55.1 Å². The van der Waals surface area contributed by atoms with Gasteiger partial charge < -0.3 is 23.8 Å². The first kappa shape index (κ1) is 27.3. The maximum atomic E-state index is 13.7. The van der Waals surface area contributed by atoms with Crippen LogP contribution < -0.4 is 18.9 Å². The second-order valence-corrected chi connectivity index (χ2v) is 11.0. The number of carbonyl (C=O) groups is 1. The second kappa shape index (κ2) is 10.8. The summed E-state index contributed by atoms with van der Waals surface area (Å²) < 4.78 is 24.1. The number of Topliss-reactive ketones (excluding diaryl/α,β-unsaturated/α-hetero) is 1. The van der Waals surface area contributed by atoms with Crippen LogP contribution in [0.25, 0.3) is 5.65 Å². The second-order valence-electron chi connectivity index (χ2n) is 11.0. The molecule has 6 rings (SSSR count). The number of carbonyl (C=O) groups excluding carboxylic acids is 1. The van der Waals surface area contributed by atoms with Gasteiger partial charge in [-0.05, 0) is 52.9 Å². The number of fused-ring (bicyclic) bond motifs is 3. The van der Waals surface area contributed by atoms with Gasteiger partial charge in [0.15, 0.2) is 35.4 Å². The first-order chi connectivity index (χ1) is 20.3. The molecule has 3 heterocycles. The zero-order valence-electron chi connectivity index (χ0n) is 24.1. The molecule has 216 valence electrons. The molecule has 11 nitrogen and oxygen atoms in total. The third-order valence-electron chi connectivity index (χ3n) is 7.43. The Balaban J connectivity index is 1.38. The highest BCUT2D eigenvalue weighted by Crippen LogP contribution is 2.51. The number of ketones is 1. The lowest BCUT2D eigenvalue weighted by molar-refractivity contribution is -0.118. The summed E-state index contributed by atoms with van der Waals surface area (Å²) >= 11 is 0. The standard InChI is InChI=1S/C31H31N5O6/c1-31(2)13-21(37)27-24(14-31)42-30-28(26(27)19-8-11-22(39-4)23(12-19)40-5)29-34-25(35-36(29)17-32-30)16-41-33-15-18-6-9-20(38-3)10-7-18/h6-12,15,17,26H,13-14,16H2,1-5H3/b33-15+. The van der Waals surface area contributed by atoms with Crippen molar-refractivity contribution in [1.82, 2.24) is 19.6 Å². The summed E-state index contributed by atoms with van der Waals surface area (Å²) in [6.07, 6.45) is 4.17. The van der Waals surface area contributed by atoms with Crippen LogP contribution in [0.15, 0.2) is 65.3 Å². The monoisotopic (exact) mass is 569 g/mol. The lowest BCUT2D eigenvalue weighted by Gasteiger charge is -2.37. The fourth-order valence-corrected chi connectivity index (χ4v) is 5.50. The molecule has 2 aromatic heterocycles. The number of aromatic nitrogens is 4. The summed E-state index contributed by atoms with van der Waals surface area (Å²) in [5.74, 6) is 2.88. The quantitative estimate of drug-likeness (QED) is 0.216. The van der Waals surface area contributed by atoms with E-state index in [9.17, 15) is 4.79 Å². The number of hydrogen-bond donors (Lipinski definition) is 0. The molecule has 0 saturated heterocycles. The molecular formula is C31H31N5O6. The average molecular weight is 570 g/mol. The molecule has 0 saturated carbocycles. The number of rotatable bonds is 8. The summed E-state index contributed by atoms with van der Waals surface area (Å²) in [5.41, 5.74) is 3.23. The van der Waals surface area contributed by atoms with E-state index in [1.165, 1.54) is 0 Å². The maximum absolute atomic E-state index is 13.7. The van der Waals surface area contributed by atoms with Crippen molar-refractivity contribution in [1.29, 1.82) is 0 Å². The van der Waals surface area contributed by atoms with Gasteiger partial charge in [0.2, 0.25) is 5.88 Å². The Hall–Kier alpha value is -4.93. The Labute approximate surface area is 242 Å². The van der Waals surface area contributed by atoms with Gasteiger partial charge in [-0.1, -0.05) is 25.1 Å². The highest BCUT2D eigenvalue weighted by Gasteiger charge is 2.44. The molecule has 1 aliphatic carbocycles. The van der Waals surface area contributed by atoms with Gasteiger partial charge in [-0.25, -0.2) is 14.5 Å². The SMILES string of the molecule is COc1ccc(/C=N/OCc2nc3c4c(ncn3n2)OC2=C(C(=O)CC(C)(C)C2)C4c2ccc(OC)c(OC)c2)cc1. The molecule has 0 spiro atoms. The molecular weight excluding hydrogens is 538 g/mol. The molecule has 0 N–H and O–H groups in total. The van der Waals surface area contributed by atoms with Gasteiger partial charge in [0.25, 0.3) is 0 Å². The predicted octanol–water partition coefficient (Wildman–Crippen LogP) is 4.87. The normalized spacial score (nSPS) is 17.5. The van der Waals surface area contributed by atoms with Crippen molar-refractivity contribution >= 4 is 17.6 Å². The Bertz CT molecular complexity index is 1720. The summed E-state index contributed by atoms with van der Waals surface area (Å²) in [7, 11) is 4.79. The molecule has 0 amide bonds. The van der Waals surface area contributed by atoms with E-state index >= 15 is 0 Å². The highest BCUT2D eigenvalue weighted by atomic mass is 16.6. The van der Waals surface area contributed by atoms with Gasteiger partial charge in [-0.2, -0.15) is 0 Å². The smallest absolute Gasteiger partial charge is 0.228 e. The minimum absolute atomic E-state index is 0.0321. The maximum Gasteiger partial charge on any atom is 0.228 e. The van der Waals surface area contributed by atoms with Gasteiger partial charge in [0.05, 0.1) is 39.0 Å². The van der Waals surface area contributed by atoms with Crippen LogP contribution in [-0.4, -0.2) is 52.9 Å². The Morgan fingerprint density at radius 1 is 1.05 bits per heavy atom. The number of nitrogens with zero attached hydrogens (tertiary/aromatic N) is 5. The van der Waals surface area contributed by atoms with Crippen molar-refractivity contribution in [2.45, 2.75) is 39.2 Å². The van der Waals surface area contributed by atoms with E-state index in [-0.39, 0.29) is 17.8 Å². The zero-order chi connectivity index (χ0) is 29.4. The lowest BCUT2D eigenvalue weighted by Crippen LogP contribution is -2.33. The van der Waals surface area contributed by atoms with Crippen LogP contribution in [0.4, 0.5) is 0 Å². The van der Waals surface area contributed by atoms with Crippen molar-refractivity contribution in [2.24, 2.45) is 10.6 Å². The van der Waals surface area contributed by atoms with Crippen molar-refractivity contribution in [3.05, 3.63) is 82.6 Å². The third-order valence-corrected chi connectivity index (χ3v) is 7.43. The molecule has 1 atom stereocenters. The highest BCUT2D eigenvalue weighted by molar-refractivity contribution is 6.00. The first-order valence-electron chi connectivity index (χ1n) is 13.5. The topological polar surface area (TPSA) is 119 Å². The number of methoxy groups -OCH3 is 3. The number of allylic oxidation sites excluding steroid dienone is 2. The van der Waals surface area contributed by atoms with Gasteiger partial charge in [0.1, 0.15) is 17.8 Å². The molecule has 2 aliphatic rings. The van der Waals surface area contributed by atoms with E-state index in [4.69, 9.17) is 28.8 Å². The molecule has 0 fully saturated rings. The third kappa shape index (κ3) is 5.02. The molecule has 42 heavy (non-hydrogen) atoms. The van der Waals surface area contributed by atoms with E-state index in [0.717, 1.165) is 16.9 Å².